The quantitative estimate of drug-likeness (QED) is 0.525. The summed E-state index contributed by atoms with van der Waals surface area (Å²) in [6.45, 7) is 3.34. The number of carboxylic acid groups (broad SMARTS) is 2. The molecule has 0 spiro atoms. The summed E-state index contributed by atoms with van der Waals surface area (Å²) in [5.41, 5.74) is 0. The number of carboxylic acids is 2. The molecule has 2 bridgehead atoms. The SMILES string of the molecule is Cn1cnc(S(=O)(=O)N2CC3COCC(C2)N3CC2CC2)c1.O=C(O)C(F)(F)F.O=C(O)C(F)(F)F. The molecule has 3 heterocycles. The largest absolute Gasteiger partial charge is 0.490 e. The van der Waals surface area contributed by atoms with Crippen molar-refractivity contribution >= 4 is 22.0 Å². The molecule has 2 saturated heterocycles. The smallest absolute Gasteiger partial charge is 0.475 e. The van der Waals surface area contributed by atoms with E-state index in [1.54, 1.807) is 22.1 Å². The summed E-state index contributed by atoms with van der Waals surface area (Å²) in [4.78, 5) is 24.3. The van der Waals surface area contributed by atoms with Gasteiger partial charge in [-0.15, -0.1) is 0 Å². The third kappa shape index (κ3) is 8.31. The Hall–Kier alpha value is -2.44. The predicted octanol–water partition coefficient (Wildman–Crippen LogP) is 1.17. The molecule has 1 saturated carbocycles. The number of rotatable bonds is 4. The topological polar surface area (TPSA) is 142 Å². The standard InChI is InChI=1S/C14H22N4O3S.2C2HF3O2/c1-16-7-14(15-10-16)22(19,20)17-5-12-8-21-9-13(6-17)18(12)4-11-2-3-11;2*3-2(4,5)1(6)7/h7,10-13H,2-6,8-9H2,1H3;2*(H,6,7). The molecule has 0 aromatic carbocycles. The van der Waals surface area contributed by atoms with Crippen molar-refractivity contribution in [3.8, 4) is 0 Å². The van der Waals surface area contributed by atoms with Crippen LogP contribution in [0.25, 0.3) is 0 Å². The zero-order valence-corrected chi connectivity index (χ0v) is 19.6. The average Bonchev–Trinajstić information content (AvgIpc) is 3.43. The highest BCUT2D eigenvalue weighted by Gasteiger charge is 2.44. The molecule has 11 nitrogen and oxygen atoms in total. The Morgan fingerprint density at radius 3 is 1.81 bits per heavy atom. The van der Waals surface area contributed by atoms with Crippen molar-refractivity contribution in [2.75, 3.05) is 32.8 Å². The maximum atomic E-state index is 12.8. The van der Waals surface area contributed by atoms with Gasteiger partial charge in [0.2, 0.25) is 0 Å². The maximum Gasteiger partial charge on any atom is 0.490 e. The van der Waals surface area contributed by atoms with Crippen LogP contribution in [0.2, 0.25) is 0 Å². The van der Waals surface area contributed by atoms with Crippen LogP contribution in [-0.2, 0) is 31.4 Å². The second-order valence-electron chi connectivity index (χ2n) is 8.29. The Balaban J connectivity index is 0.000000271. The number of carbonyl (C=O) groups is 2. The van der Waals surface area contributed by atoms with Gasteiger partial charge in [0.25, 0.3) is 10.0 Å². The molecule has 0 amide bonds. The Morgan fingerprint density at radius 2 is 1.47 bits per heavy atom. The van der Waals surface area contributed by atoms with E-state index in [-0.39, 0.29) is 17.1 Å². The minimum Gasteiger partial charge on any atom is -0.475 e. The Labute approximate surface area is 201 Å². The molecule has 3 fully saturated rings. The number of alkyl halides is 6. The lowest BCUT2D eigenvalue weighted by atomic mass is 10.1. The van der Waals surface area contributed by atoms with Crippen molar-refractivity contribution in [1.82, 2.24) is 18.8 Å². The number of halogens is 6. The Bertz CT molecular complexity index is 988. The Morgan fingerprint density at radius 1 is 1.03 bits per heavy atom. The number of morpholine rings is 1. The number of aliphatic carboxylic acids is 2. The minimum absolute atomic E-state index is 0.143. The van der Waals surface area contributed by atoms with Gasteiger partial charge in [-0.1, -0.05) is 0 Å². The number of piperazine rings is 1. The number of aryl methyl sites for hydroxylation is 1. The fraction of sp³-hybridized carbons (Fsp3) is 0.722. The zero-order valence-electron chi connectivity index (χ0n) is 18.7. The molecule has 18 heteroatoms. The summed E-state index contributed by atoms with van der Waals surface area (Å²) in [6.07, 6.45) is -4.45. The highest BCUT2D eigenvalue weighted by Crippen LogP contribution is 2.34. The summed E-state index contributed by atoms with van der Waals surface area (Å²) in [7, 11) is -1.72. The van der Waals surface area contributed by atoms with Gasteiger partial charge >= 0.3 is 24.3 Å². The van der Waals surface area contributed by atoms with Crippen LogP contribution in [0, 0.1) is 5.92 Å². The van der Waals surface area contributed by atoms with Crippen molar-refractivity contribution in [1.29, 1.82) is 0 Å². The molecule has 2 N–H and O–H groups in total. The van der Waals surface area contributed by atoms with Gasteiger partial charge in [-0.3, -0.25) is 4.90 Å². The van der Waals surface area contributed by atoms with Crippen LogP contribution in [-0.4, -0.2) is 107 Å². The van der Waals surface area contributed by atoms with Crippen LogP contribution in [0.4, 0.5) is 26.3 Å². The molecular formula is C18H24F6N4O7S. The first-order valence-electron chi connectivity index (χ1n) is 10.3. The van der Waals surface area contributed by atoms with Gasteiger partial charge in [-0.25, -0.2) is 23.0 Å². The van der Waals surface area contributed by atoms with Gasteiger partial charge in [-0.05, 0) is 18.8 Å². The van der Waals surface area contributed by atoms with Crippen molar-refractivity contribution in [3.63, 3.8) is 0 Å². The van der Waals surface area contributed by atoms with E-state index in [0.717, 1.165) is 12.5 Å². The summed E-state index contributed by atoms with van der Waals surface area (Å²) in [5.74, 6) is -4.71. The van der Waals surface area contributed by atoms with Crippen molar-refractivity contribution in [2.45, 2.75) is 42.3 Å². The van der Waals surface area contributed by atoms with Crippen LogP contribution < -0.4 is 0 Å². The van der Waals surface area contributed by atoms with Gasteiger partial charge in [0.1, 0.15) is 0 Å². The molecule has 36 heavy (non-hydrogen) atoms. The Kier molecular flexibility index (Phi) is 9.35. The van der Waals surface area contributed by atoms with Gasteiger partial charge in [0.05, 0.1) is 19.5 Å². The van der Waals surface area contributed by atoms with Crippen molar-refractivity contribution in [2.24, 2.45) is 13.0 Å². The van der Waals surface area contributed by atoms with Gasteiger partial charge < -0.3 is 19.5 Å². The summed E-state index contributed by atoms with van der Waals surface area (Å²) in [5, 5.41) is 14.4. The number of imidazole rings is 1. The van der Waals surface area contributed by atoms with E-state index in [0.29, 0.717) is 26.3 Å². The molecular weight excluding hydrogens is 530 g/mol. The van der Waals surface area contributed by atoms with Crippen molar-refractivity contribution < 1.29 is 59.3 Å². The van der Waals surface area contributed by atoms with E-state index >= 15 is 0 Å². The third-order valence-electron chi connectivity index (χ3n) is 5.32. The van der Waals surface area contributed by atoms with Gasteiger partial charge in [-0.2, -0.15) is 30.6 Å². The highest BCUT2D eigenvalue weighted by molar-refractivity contribution is 7.89. The number of hydrogen-bond acceptors (Lipinski definition) is 7. The molecule has 1 aromatic rings. The summed E-state index contributed by atoms with van der Waals surface area (Å²) < 4.78 is 97.9. The van der Waals surface area contributed by atoms with Crippen LogP contribution in [0.15, 0.2) is 17.6 Å². The first-order valence-corrected chi connectivity index (χ1v) is 11.8. The van der Waals surface area contributed by atoms with E-state index in [4.69, 9.17) is 24.5 Å². The fourth-order valence-corrected chi connectivity index (χ4v) is 4.92. The molecule has 2 unspecified atom stereocenters. The number of sulfonamides is 1. The number of fused-ring (bicyclic) bond motifs is 2. The first kappa shape index (κ1) is 29.8. The lowest BCUT2D eigenvalue weighted by molar-refractivity contribution is -0.193. The summed E-state index contributed by atoms with van der Waals surface area (Å²) >= 11 is 0. The lowest BCUT2D eigenvalue weighted by Gasteiger charge is -2.49. The molecule has 2 aliphatic heterocycles. The number of aromatic nitrogens is 2. The molecule has 4 rings (SSSR count). The molecule has 1 aromatic heterocycles. The van der Waals surface area contributed by atoms with Crippen LogP contribution in [0.3, 0.4) is 0 Å². The van der Waals surface area contributed by atoms with Gasteiger partial charge in [0, 0.05) is 45.0 Å². The van der Waals surface area contributed by atoms with E-state index in [1.807, 2.05) is 0 Å². The molecule has 206 valence electrons. The second kappa shape index (κ2) is 11.3. The number of hydrogen-bond donors (Lipinski definition) is 2. The molecule has 3 aliphatic rings. The van der Waals surface area contributed by atoms with Crippen LogP contribution in [0.1, 0.15) is 12.8 Å². The van der Waals surface area contributed by atoms with Crippen molar-refractivity contribution in [3.05, 3.63) is 12.5 Å². The van der Waals surface area contributed by atoms with E-state index < -0.39 is 34.3 Å². The number of ether oxygens (including phenoxy) is 1. The monoisotopic (exact) mass is 554 g/mol. The first-order chi connectivity index (χ1) is 16.4. The lowest BCUT2D eigenvalue weighted by Crippen LogP contribution is -2.65. The van der Waals surface area contributed by atoms with Crippen LogP contribution in [0.5, 0.6) is 0 Å². The molecule has 1 aliphatic carbocycles. The summed E-state index contributed by atoms with van der Waals surface area (Å²) in [6, 6.07) is 0.346. The van der Waals surface area contributed by atoms with Gasteiger partial charge in [0.15, 0.2) is 5.03 Å². The molecule has 0 radical (unpaired) electrons. The normalized spacial score (nSPS) is 23.1. The van der Waals surface area contributed by atoms with Crippen LogP contribution >= 0.6 is 0 Å². The third-order valence-corrected chi connectivity index (χ3v) is 7.04. The van der Waals surface area contributed by atoms with E-state index in [9.17, 15) is 34.8 Å². The second-order valence-corrected chi connectivity index (χ2v) is 10.2. The highest BCUT2D eigenvalue weighted by atomic mass is 32.2. The molecule has 2 atom stereocenters. The van der Waals surface area contributed by atoms with E-state index in [2.05, 4.69) is 9.88 Å². The number of nitrogens with zero attached hydrogens (tertiary/aromatic N) is 4. The van der Waals surface area contributed by atoms with E-state index in [1.165, 1.54) is 19.2 Å². The maximum absolute atomic E-state index is 12.8. The average molecular weight is 554 g/mol. The fourth-order valence-electron chi connectivity index (χ4n) is 3.44. The zero-order chi connectivity index (χ0) is 27.5. The predicted molar refractivity (Wildman–Crippen MR) is 107 cm³/mol. The minimum atomic E-state index is -5.08.